The lowest BCUT2D eigenvalue weighted by molar-refractivity contribution is -0.155. The molecule has 0 unspecified atom stereocenters. The molecule has 0 saturated carbocycles. The molecule has 4 nitrogen and oxygen atoms in total. The summed E-state index contributed by atoms with van der Waals surface area (Å²) in [5, 5.41) is 17.8. The van der Waals surface area contributed by atoms with Gasteiger partial charge < -0.3 is 10.2 Å². The molecule has 1 aliphatic carbocycles. The van der Waals surface area contributed by atoms with Gasteiger partial charge in [0.25, 0.3) is 0 Å². The van der Waals surface area contributed by atoms with E-state index in [1.54, 1.807) is 6.08 Å². The molecule has 0 saturated heterocycles. The first-order valence-electron chi connectivity index (χ1n) is 4.70. The van der Waals surface area contributed by atoms with Crippen molar-refractivity contribution >= 4 is 11.9 Å². The molecule has 78 valence electrons. The van der Waals surface area contributed by atoms with Gasteiger partial charge in [-0.25, -0.2) is 0 Å². The van der Waals surface area contributed by atoms with Gasteiger partial charge in [-0.15, -0.1) is 0 Å². The summed E-state index contributed by atoms with van der Waals surface area (Å²) in [5.41, 5.74) is 0. The van der Waals surface area contributed by atoms with E-state index in [9.17, 15) is 9.59 Å². The summed E-state index contributed by atoms with van der Waals surface area (Å²) in [6, 6.07) is 0. The molecular formula is C10H14O4. The first kappa shape index (κ1) is 10.8. The van der Waals surface area contributed by atoms with Crippen molar-refractivity contribution in [3.8, 4) is 0 Å². The SMILES string of the molecule is CC[C@H]1C=CC[C@H](C(=O)O)[C@@H]1C(=O)O. The van der Waals surface area contributed by atoms with Gasteiger partial charge >= 0.3 is 11.9 Å². The van der Waals surface area contributed by atoms with Crippen LogP contribution in [-0.2, 0) is 9.59 Å². The molecule has 0 radical (unpaired) electrons. The monoisotopic (exact) mass is 198 g/mol. The zero-order chi connectivity index (χ0) is 10.7. The van der Waals surface area contributed by atoms with E-state index in [2.05, 4.69) is 0 Å². The van der Waals surface area contributed by atoms with Crippen molar-refractivity contribution in [2.24, 2.45) is 17.8 Å². The van der Waals surface area contributed by atoms with Gasteiger partial charge in [-0.1, -0.05) is 19.1 Å². The zero-order valence-electron chi connectivity index (χ0n) is 8.01. The van der Waals surface area contributed by atoms with Crippen molar-refractivity contribution in [1.82, 2.24) is 0 Å². The average molecular weight is 198 g/mol. The molecule has 4 heteroatoms. The Kier molecular flexibility index (Phi) is 3.28. The first-order valence-corrected chi connectivity index (χ1v) is 4.70. The highest BCUT2D eigenvalue weighted by molar-refractivity contribution is 5.81. The molecule has 0 bridgehead atoms. The fraction of sp³-hybridized carbons (Fsp3) is 0.600. The van der Waals surface area contributed by atoms with Crippen LogP contribution in [0.2, 0.25) is 0 Å². The van der Waals surface area contributed by atoms with Crippen LogP contribution < -0.4 is 0 Å². The molecule has 2 N–H and O–H groups in total. The number of carbonyl (C=O) groups is 2. The molecule has 0 heterocycles. The van der Waals surface area contributed by atoms with Crippen LogP contribution >= 0.6 is 0 Å². The van der Waals surface area contributed by atoms with E-state index in [0.717, 1.165) is 0 Å². The summed E-state index contributed by atoms with van der Waals surface area (Å²) in [5.74, 6) is -3.72. The number of hydrogen-bond donors (Lipinski definition) is 2. The normalized spacial score (nSPS) is 31.4. The number of aliphatic carboxylic acids is 2. The molecule has 0 amide bonds. The molecule has 3 atom stereocenters. The number of carboxylic acids is 2. The highest BCUT2D eigenvalue weighted by atomic mass is 16.4. The van der Waals surface area contributed by atoms with E-state index in [1.807, 2.05) is 13.0 Å². The van der Waals surface area contributed by atoms with E-state index in [4.69, 9.17) is 10.2 Å². The first-order chi connectivity index (χ1) is 6.57. The lowest BCUT2D eigenvalue weighted by atomic mass is 9.75. The van der Waals surface area contributed by atoms with Crippen LogP contribution in [0.15, 0.2) is 12.2 Å². The van der Waals surface area contributed by atoms with E-state index in [1.165, 1.54) is 0 Å². The van der Waals surface area contributed by atoms with Crippen LogP contribution in [-0.4, -0.2) is 22.2 Å². The summed E-state index contributed by atoms with van der Waals surface area (Å²) in [6.07, 6.45) is 4.57. The third-order valence-corrected chi connectivity index (χ3v) is 2.74. The van der Waals surface area contributed by atoms with Gasteiger partial charge in [0.05, 0.1) is 11.8 Å². The molecule has 0 aromatic heterocycles. The van der Waals surface area contributed by atoms with E-state index < -0.39 is 23.8 Å². The molecule has 0 aromatic rings. The number of hydrogen-bond acceptors (Lipinski definition) is 2. The second-order valence-electron chi connectivity index (χ2n) is 3.54. The fourth-order valence-electron chi connectivity index (χ4n) is 1.96. The molecule has 0 aliphatic heterocycles. The number of rotatable bonds is 3. The smallest absolute Gasteiger partial charge is 0.307 e. The fourth-order valence-corrected chi connectivity index (χ4v) is 1.96. The minimum atomic E-state index is -1.01. The lowest BCUT2D eigenvalue weighted by Gasteiger charge is -2.28. The van der Waals surface area contributed by atoms with Crippen LogP contribution in [0.3, 0.4) is 0 Å². The topological polar surface area (TPSA) is 74.6 Å². The Balaban J connectivity index is 2.92. The van der Waals surface area contributed by atoms with Gasteiger partial charge in [-0.05, 0) is 18.8 Å². The van der Waals surface area contributed by atoms with Crippen molar-refractivity contribution in [3.05, 3.63) is 12.2 Å². The Labute approximate surface area is 82.2 Å². The van der Waals surface area contributed by atoms with Crippen LogP contribution in [0.5, 0.6) is 0 Å². The van der Waals surface area contributed by atoms with Crippen LogP contribution in [0.1, 0.15) is 19.8 Å². The van der Waals surface area contributed by atoms with Gasteiger partial charge in [0.15, 0.2) is 0 Å². The minimum absolute atomic E-state index is 0.151. The molecule has 0 aromatic carbocycles. The Morgan fingerprint density at radius 1 is 1.36 bits per heavy atom. The molecular weight excluding hydrogens is 184 g/mol. The highest BCUT2D eigenvalue weighted by Gasteiger charge is 2.39. The third-order valence-electron chi connectivity index (χ3n) is 2.74. The predicted molar refractivity (Wildman–Crippen MR) is 49.8 cm³/mol. The van der Waals surface area contributed by atoms with Gasteiger partial charge in [0.2, 0.25) is 0 Å². The van der Waals surface area contributed by atoms with Gasteiger partial charge in [0, 0.05) is 0 Å². The van der Waals surface area contributed by atoms with Crippen molar-refractivity contribution in [3.63, 3.8) is 0 Å². The van der Waals surface area contributed by atoms with Crippen LogP contribution in [0.25, 0.3) is 0 Å². The molecule has 0 spiro atoms. The van der Waals surface area contributed by atoms with Crippen LogP contribution in [0.4, 0.5) is 0 Å². The maximum Gasteiger partial charge on any atom is 0.307 e. The lowest BCUT2D eigenvalue weighted by Crippen LogP contribution is -2.36. The summed E-state index contributed by atoms with van der Waals surface area (Å²) >= 11 is 0. The van der Waals surface area contributed by atoms with E-state index >= 15 is 0 Å². The summed E-state index contributed by atoms with van der Waals surface area (Å²) in [6.45, 7) is 1.87. The molecule has 0 fully saturated rings. The Morgan fingerprint density at radius 3 is 2.43 bits per heavy atom. The maximum absolute atomic E-state index is 10.9. The zero-order valence-corrected chi connectivity index (χ0v) is 8.01. The quantitative estimate of drug-likeness (QED) is 0.672. The highest BCUT2D eigenvalue weighted by Crippen LogP contribution is 2.32. The summed E-state index contributed by atoms with van der Waals surface area (Å²) < 4.78 is 0. The standard InChI is InChI=1S/C10H14O4/c1-2-6-4-3-5-7(9(11)12)8(6)10(13)14/h3-4,6-8H,2,5H2,1H3,(H,11,12)(H,13,14)/t6-,7-,8+/m0/s1. The summed E-state index contributed by atoms with van der Waals surface area (Å²) in [7, 11) is 0. The summed E-state index contributed by atoms with van der Waals surface area (Å²) in [4.78, 5) is 21.8. The Morgan fingerprint density at radius 2 is 2.00 bits per heavy atom. The van der Waals surface area contributed by atoms with Crippen molar-refractivity contribution in [2.75, 3.05) is 0 Å². The minimum Gasteiger partial charge on any atom is -0.481 e. The molecule has 1 rings (SSSR count). The van der Waals surface area contributed by atoms with Crippen molar-refractivity contribution < 1.29 is 19.8 Å². The predicted octanol–water partition coefficient (Wildman–Crippen LogP) is 1.37. The average Bonchev–Trinajstić information content (AvgIpc) is 2.16. The Hall–Kier alpha value is -1.32. The van der Waals surface area contributed by atoms with Crippen LogP contribution in [0, 0.1) is 17.8 Å². The molecule has 1 aliphatic rings. The van der Waals surface area contributed by atoms with Gasteiger partial charge in [0.1, 0.15) is 0 Å². The molecule has 14 heavy (non-hydrogen) atoms. The third kappa shape index (κ3) is 1.95. The maximum atomic E-state index is 10.9. The van der Waals surface area contributed by atoms with E-state index in [0.29, 0.717) is 12.8 Å². The largest absolute Gasteiger partial charge is 0.481 e. The van der Waals surface area contributed by atoms with Gasteiger partial charge in [-0.3, -0.25) is 9.59 Å². The second kappa shape index (κ2) is 4.26. The number of allylic oxidation sites excluding steroid dienone is 2. The van der Waals surface area contributed by atoms with Crippen molar-refractivity contribution in [1.29, 1.82) is 0 Å². The van der Waals surface area contributed by atoms with Crippen molar-refractivity contribution in [2.45, 2.75) is 19.8 Å². The number of carboxylic acid groups (broad SMARTS) is 2. The van der Waals surface area contributed by atoms with Gasteiger partial charge in [-0.2, -0.15) is 0 Å². The van der Waals surface area contributed by atoms with E-state index in [-0.39, 0.29) is 5.92 Å². The Bertz CT molecular complexity index is 269. The second-order valence-corrected chi connectivity index (χ2v) is 3.54.